The Morgan fingerprint density at radius 3 is 2.50 bits per heavy atom. The van der Waals surface area contributed by atoms with Gasteiger partial charge in [-0.05, 0) is 50.5 Å². The molecule has 2 rings (SSSR count). The van der Waals surface area contributed by atoms with E-state index >= 15 is 0 Å². The number of carbonyl (C=O) groups is 2. The number of aryl methyl sites for hydroxylation is 1. The molecular formula is C18H21FN2O3. The quantitative estimate of drug-likeness (QED) is 0.799. The number of H-pyrrole nitrogens is 1. The van der Waals surface area contributed by atoms with Gasteiger partial charge in [0.05, 0.1) is 12.2 Å². The summed E-state index contributed by atoms with van der Waals surface area (Å²) < 4.78 is 17.9. The second-order valence-electron chi connectivity index (χ2n) is 5.48. The van der Waals surface area contributed by atoms with Crippen LogP contribution in [0, 0.1) is 19.7 Å². The van der Waals surface area contributed by atoms with Gasteiger partial charge in [-0.25, -0.2) is 9.18 Å². The zero-order chi connectivity index (χ0) is 17.7. The van der Waals surface area contributed by atoms with Crippen LogP contribution in [-0.4, -0.2) is 30.0 Å². The summed E-state index contributed by atoms with van der Waals surface area (Å²) in [6.07, 6.45) is 0.593. The summed E-state index contributed by atoms with van der Waals surface area (Å²) in [5.41, 5.74) is 2.87. The highest BCUT2D eigenvalue weighted by Gasteiger charge is 2.22. The van der Waals surface area contributed by atoms with E-state index in [0.29, 0.717) is 35.5 Å². The van der Waals surface area contributed by atoms with Crippen molar-refractivity contribution in [1.29, 1.82) is 0 Å². The Morgan fingerprint density at radius 2 is 1.88 bits per heavy atom. The van der Waals surface area contributed by atoms with Crippen molar-refractivity contribution in [2.45, 2.75) is 27.2 Å². The highest BCUT2D eigenvalue weighted by molar-refractivity contribution is 6.00. The average molecular weight is 332 g/mol. The number of hydrogen-bond acceptors (Lipinski definition) is 3. The largest absolute Gasteiger partial charge is 0.462 e. The number of aromatic nitrogens is 1. The van der Waals surface area contributed by atoms with Crippen LogP contribution in [0.15, 0.2) is 24.3 Å². The fourth-order valence-corrected chi connectivity index (χ4v) is 2.55. The highest BCUT2D eigenvalue weighted by atomic mass is 19.1. The van der Waals surface area contributed by atoms with Gasteiger partial charge in [0.1, 0.15) is 11.5 Å². The van der Waals surface area contributed by atoms with Crippen LogP contribution in [0.25, 0.3) is 0 Å². The maximum absolute atomic E-state index is 12.9. The van der Waals surface area contributed by atoms with Gasteiger partial charge in [-0.2, -0.15) is 0 Å². The molecule has 5 nitrogen and oxygen atoms in total. The fraction of sp³-hybridized carbons (Fsp3) is 0.333. The Balaban J connectivity index is 2.01. The van der Waals surface area contributed by atoms with Crippen molar-refractivity contribution in [3.05, 3.63) is 58.2 Å². The molecule has 2 N–H and O–H groups in total. The minimum absolute atomic E-state index is 0.280. The topological polar surface area (TPSA) is 71.2 Å². The molecule has 1 aromatic carbocycles. The van der Waals surface area contributed by atoms with E-state index in [9.17, 15) is 14.0 Å². The third-order valence-corrected chi connectivity index (χ3v) is 3.76. The second kappa shape index (κ2) is 7.77. The molecule has 0 aliphatic rings. The molecule has 0 fully saturated rings. The molecule has 0 aliphatic heterocycles. The van der Waals surface area contributed by atoms with Crippen molar-refractivity contribution >= 4 is 11.9 Å². The molecule has 0 bridgehead atoms. The molecule has 0 radical (unpaired) electrons. The van der Waals surface area contributed by atoms with Crippen molar-refractivity contribution in [3.63, 3.8) is 0 Å². The number of esters is 1. The van der Waals surface area contributed by atoms with Crippen molar-refractivity contribution in [1.82, 2.24) is 10.3 Å². The molecule has 1 heterocycles. The first kappa shape index (κ1) is 17.7. The number of ether oxygens (including phenoxy) is 1. The van der Waals surface area contributed by atoms with Gasteiger partial charge in [0.25, 0.3) is 5.91 Å². The fourth-order valence-electron chi connectivity index (χ4n) is 2.55. The van der Waals surface area contributed by atoms with E-state index in [4.69, 9.17) is 4.74 Å². The van der Waals surface area contributed by atoms with E-state index in [-0.39, 0.29) is 18.3 Å². The molecule has 0 aliphatic carbocycles. The Kier molecular flexibility index (Phi) is 5.73. The van der Waals surface area contributed by atoms with Crippen molar-refractivity contribution < 1.29 is 18.7 Å². The lowest BCUT2D eigenvalue weighted by atomic mass is 10.1. The SMILES string of the molecule is CCOC(=O)c1c(C)[nH]c(C(=O)NCCc2ccc(F)cc2)c1C. The molecule has 0 saturated heterocycles. The predicted octanol–water partition coefficient (Wildman–Crippen LogP) is 2.92. The first-order valence-corrected chi connectivity index (χ1v) is 7.83. The lowest BCUT2D eigenvalue weighted by Crippen LogP contribution is -2.26. The van der Waals surface area contributed by atoms with E-state index < -0.39 is 5.97 Å². The molecule has 1 amide bonds. The molecule has 1 aromatic heterocycles. The molecule has 0 saturated carbocycles. The van der Waals surface area contributed by atoms with Crippen LogP contribution in [0.5, 0.6) is 0 Å². The molecule has 0 atom stereocenters. The van der Waals surface area contributed by atoms with Gasteiger partial charge in [-0.15, -0.1) is 0 Å². The van der Waals surface area contributed by atoms with Crippen LogP contribution >= 0.6 is 0 Å². The summed E-state index contributed by atoms with van der Waals surface area (Å²) in [7, 11) is 0. The third kappa shape index (κ3) is 4.01. The lowest BCUT2D eigenvalue weighted by Gasteiger charge is -2.06. The van der Waals surface area contributed by atoms with Crippen LogP contribution in [0.1, 0.15) is 44.6 Å². The van der Waals surface area contributed by atoms with Gasteiger partial charge in [0, 0.05) is 12.2 Å². The minimum Gasteiger partial charge on any atom is -0.462 e. The number of halogens is 1. The summed E-state index contributed by atoms with van der Waals surface area (Å²) in [6, 6.07) is 6.15. The standard InChI is InChI=1S/C18H21FN2O3/c1-4-24-18(23)15-11(2)16(21-12(15)3)17(22)20-10-9-13-5-7-14(19)8-6-13/h5-8,21H,4,9-10H2,1-3H3,(H,20,22). The first-order valence-electron chi connectivity index (χ1n) is 7.83. The lowest BCUT2D eigenvalue weighted by molar-refractivity contribution is 0.0525. The average Bonchev–Trinajstić information content (AvgIpc) is 2.84. The number of aromatic amines is 1. The molecule has 24 heavy (non-hydrogen) atoms. The Labute approximate surface area is 140 Å². The predicted molar refractivity (Wildman–Crippen MR) is 88.7 cm³/mol. The van der Waals surface area contributed by atoms with Crippen molar-refractivity contribution in [2.75, 3.05) is 13.2 Å². The van der Waals surface area contributed by atoms with Crippen molar-refractivity contribution in [3.8, 4) is 0 Å². The maximum atomic E-state index is 12.9. The third-order valence-electron chi connectivity index (χ3n) is 3.76. The zero-order valence-electron chi connectivity index (χ0n) is 14.0. The van der Waals surface area contributed by atoms with Gasteiger partial charge in [-0.1, -0.05) is 12.1 Å². The Morgan fingerprint density at radius 1 is 1.21 bits per heavy atom. The molecule has 6 heteroatoms. The number of nitrogens with one attached hydrogen (secondary N) is 2. The van der Waals surface area contributed by atoms with Gasteiger partial charge in [0.15, 0.2) is 0 Å². The number of hydrogen-bond donors (Lipinski definition) is 2. The van der Waals surface area contributed by atoms with Gasteiger partial charge >= 0.3 is 5.97 Å². The van der Waals surface area contributed by atoms with Crippen LogP contribution in [0.2, 0.25) is 0 Å². The molecule has 2 aromatic rings. The van der Waals surface area contributed by atoms with E-state index in [1.165, 1.54) is 12.1 Å². The van der Waals surface area contributed by atoms with E-state index in [2.05, 4.69) is 10.3 Å². The normalized spacial score (nSPS) is 10.5. The summed E-state index contributed by atoms with van der Waals surface area (Å²) in [5, 5.41) is 2.80. The van der Waals surface area contributed by atoms with Gasteiger partial charge in [-0.3, -0.25) is 4.79 Å². The van der Waals surface area contributed by atoms with Crippen LogP contribution in [0.4, 0.5) is 4.39 Å². The summed E-state index contributed by atoms with van der Waals surface area (Å²) in [6.45, 7) is 5.87. The molecular weight excluding hydrogens is 311 g/mol. The first-order chi connectivity index (χ1) is 11.4. The number of carbonyl (C=O) groups excluding carboxylic acids is 2. The number of rotatable bonds is 6. The van der Waals surface area contributed by atoms with E-state index in [1.54, 1.807) is 32.9 Å². The van der Waals surface area contributed by atoms with Crippen LogP contribution < -0.4 is 5.32 Å². The Bertz CT molecular complexity index is 735. The van der Waals surface area contributed by atoms with Crippen LogP contribution in [0.3, 0.4) is 0 Å². The summed E-state index contributed by atoms with van der Waals surface area (Å²) >= 11 is 0. The van der Waals surface area contributed by atoms with E-state index in [0.717, 1.165) is 5.56 Å². The van der Waals surface area contributed by atoms with Crippen LogP contribution in [-0.2, 0) is 11.2 Å². The van der Waals surface area contributed by atoms with Gasteiger partial charge in [0.2, 0.25) is 0 Å². The summed E-state index contributed by atoms with van der Waals surface area (Å²) in [5.74, 6) is -1.01. The maximum Gasteiger partial charge on any atom is 0.340 e. The zero-order valence-corrected chi connectivity index (χ0v) is 14.0. The molecule has 0 spiro atoms. The Hall–Kier alpha value is -2.63. The van der Waals surface area contributed by atoms with E-state index in [1.807, 2.05) is 0 Å². The monoisotopic (exact) mass is 332 g/mol. The minimum atomic E-state index is -0.436. The van der Waals surface area contributed by atoms with Gasteiger partial charge < -0.3 is 15.0 Å². The number of amides is 1. The number of benzene rings is 1. The summed E-state index contributed by atoms with van der Waals surface area (Å²) in [4.78, 5) is 27.2. The second-order valence-corrected chi connectivity index (χ2v) is 5.48. The molecule has 128 valence electrons. The smallest absolute Gasteiger partial charge is 0.340 e. The highest BCUT2D eigenvalue weighted by Crippen LogP contribution is 2.19. The van der Waals surface area contributed by atoms with Crippen molar-refractivity contribution in [2.24, 2.45) is 0 Å². The molecule has 0 unspecified atom stereocenters.